The molecule has 1 aromatic carbocycles. The number of likely N-dealkylation sites (tertiary alicyclic amines) is 2. The first-order valence-electron chi connectivity index (χ1n) is 9.35. The second-order valence-electron chi connectivity index (χ2n) is 7.55. The molecule has 0 spiro atoms. The van der Waals surface area contributed by atoms with E-state index in [1.807, 2.05) is 30.1 Å². The van der Waals surface area contributed by atoms with Gasteiger partial charge in [0, 0.05) is 26.2 Å². The molecule has 2 aliphatic heterocycles. The molecule has 2 saturated heterocycles. The van der Waals surface area contributed by atoms with Gasteiger partial charge in [-0.05, 0) is 57.9 Å². The Bertz CT molecular complexity index is 525. The lowest BCUT2D eigenvalue weighted by Gasteiger charge is -2.41. The molecule has 0 bridgehead atoms. The highest BCUT2D eigenvalue weighted by atomic mass is 16.2. The number of carbonyl (C=O) groups is 1. The molecule has 0 aliphatic carbocycles. The third-order valence-electron chi connectivity index (χ3n) is 5.65. The van der Waals surface area contributed by atoms with Gasteiger partial charge < -0.3 is 9.80 Å². The largest absolute Gasteiger partial charge is 0.341 e. The summed E-state index contributed by atoms with van der Waals surface area (Å²) in [6, 6.07) is 11.0. The summed E-state index contributed by atoms with van der Waals surface area (Å²) in [7, 11) is 4.15. The van der Waals surface area contributed by atoms with E-state index in [2.05, 4.69) is 29.0 Å². The Kier molecular flexibility index (Phi) is 5.90. The Morgan fingerprint density at radius 1 is 1.12 bits per heavy atom. The number of nitrogens with zero attached hydrogens (tertiary/aromatic N) is 3. The zero-order valence-electron chi connectivity index (χ0n) is 15.2. The highest BCUT2D eigenvalue weighted by molar-refractivity contribution is 5.79. The highest BCUT2D eigenvalue weighted by Crippen LogP contribution is 2.25. The summed E-state index contributed by atoms with van der Waals surface area (Å²) in [5, 5.41) is 0. The van der Waals surface area contributed by atoms with Crippen molar-refractivity contribution in [2.75, 3.05) is 40.3 Å². The monoisotopic (exact) mass is 329 g/mol. The molecule has 1 amide bonds. The normalized spacial score (nSPS) is 24.0. The van der Waals surface area contributed by atoms with Crippen molar-refractivity contribution in [2.24, 2.45) is 5.92 Å². The van der Waals surface area contributed by atoms with Gasteiger partial charge in [-0.3, -0.25) is 9.69 Å². The van der Waals surface area contributed by atoms with Crippen molar-refractivity contribution >= 4 is 5.91 Å². The average molecular weight is 329 g/mol. The molecule has 4 nitrogen and oxygen atoms in total. The minimum Gasteiger partial charge on any atom is -0.341 e. The standard InChI is InChI=1S/C20H31N3O/c1-21-13-10-19(11-14-21)23-12-6-9-18(16-23)20(24)22(2)15-17-7-4-3-5-8-17/h3-5,7-8,18-19H,6,9-16H2,1-2H3/t18-/m0/s1. The molecule has 0 unspecified atom stereocenters. The molecular formula is C20H31N3O. The van der Waals surface area contributed by atoms with Crippen molar-refractivity contribution in [3.8, 4) is 0 Å². The molecule has 2 heterocycles. The van der Waals surface area contributed by atoms with Crippen LogP contribution in [0.2, 0.25) is 0 Å². The van der Waals surface area contributed by atoms with Crippen LogP contribution in [0.3, 0.4) is 0 Å². The Hall–Kier alpha value is -1.39. The molecule has 1 aromatic rings. The van der Waals surface area contributed by atoms with Gasteiger partial charge in [0.1, 0.15) is 0 Å². The van der Waals surface area contributed by atoms with Crippen LogP contribution in [0.1, 0.15) is 31.2 Å². The zero-order valence-corrected chi connectivity index (χ0v) is 15.2. The Labute approximate surface area is 146 Å². The van der Waals surface area contributed by atoms with Crippen molar-refractivity contribution < 1.29 is 4.79 Å². The van der Waals surface area contributed by atoms with Crippen molar-refractivity contribution in [3.63, 3.8) is 0 Å². The minimum absolute atomic E-state index is 0.173. The number of benzene rings is 1. The lowest BCUT2D eigenvalue weighted by atomic mass is 9.93. The maximum Gasteiger partial charge on any atom is 0.227 e. The van der Waals surface area contributed by atoms with Gasteiger partial charge in [0.25, 0.3) is 0 Å². The first-order chi connectivity index (χ1) is 11.6. The number of carbonyl (C=O) groups excluding carboxylic acids is 1. The minimum atomic E-state index is 0.173. The maximum absolute atomic E-state index is 12.9. The fraction of sp³-hybridized carbons (Fsp3) is 0.650. The second kappa shape index (κ2) is 8.13. The van der Waals surface area contributed by atoms with Crippen molar-refractivity contribution in [1.82, 2.24) is 14.7 Å². The summed E-state index contributed by atoms with van der Waals surface area (Å²) in [6.07, 6.45) is 4.69. The van der Waals surface area contributed by atoms with Gasteiger partial charge in [0.2, 0.25) is 5.91 Å². The molecule has 0 radical (unpaired) electrons. The second-order valence-corrected chi connectivity index (χ2v) is 7.55. The molecule has 4 heteroatoms. The molecule has 1 atom stereocenters. The van der Waals surface area contributed by atoms with E-state index >= 15 is 0 Å². The molecule has 0 aromatic heterocycles. The fourth-order valence-electron chi connectivity index (χ4n) is 4.15. The molecule has 0 saturated carbocycles. The van der Waals surface area contributed by atoms with Crippen LogP contribution >= 0.6 is 0 Å². The Balaban J connectivity index is 1.54. The average Bonchev–Trinajstić information content (AvgIpc) is 2.62. The van der Waals surface area contributed by atoms with E-state index in [9.17, 15) is 4.79 Å². The van der Waals surface area contributed by atoms with Crippen LogP contribution in [0.5, 0.6) is 0 Å². The van der Waals surface area contributed by atoms with Crippen molar-refractivity contribution in [1.29, 1.82) is 0 Å². The first kappa shape index (κ1) is 17.4. The Morgan fingerprint density at radius 2 is 1.83 bits per heavy atom. The number of rotatable bonds is 4. The van der Waals surface area contributed by atoms with Crippen LogP contribution in [-0.4, -0.2) is 66.9 Å². The van der Waals surface area contributed by atoms with Gasteiger partial charge in [0.15, 0.2) is 0 Å². The molecule has 3 rings (SSSR count). The molecule has 0 N–H and O–H groups in total. The van der Waals surface area contributed by atoms with Crippen LogP contribution in [0.4, 0.5) is 0 Å². The summed E-state index contributed by atoms with van der Waals surface area (Å²) in [4.78, 5) is 19.8. The summed E-state index contributed by atoms with van der Waals surface area (Å²) >= 11 is 0. The molecule has 132 valence electrons. The van der Waals surface area contributed by atoms with E-state index in [1.54, 1.807) is 0 Å². The van der Waals surface area contributed by atoms with Crippen molar-refractivity contribution in [2.45, 2.75) is 38.3 Å². The van der Waals surface area contributed by atoms with Crippen LogP contribution in [0.15, 0.2) is 30.3 Å². The quantitative estimate of drug-likeness (QED) is 0.849. The van der Waals surface area contributed by atoms with E-state index in [0.29, 0.717) is 18.5 Å². The van der Waals surface area contributed by atoms with Gasteiger partial charge >= 0.3 is 0 Å². The predicted octanol–water partition coefficient (Wildman–Crippen LogP) is 2.45. The molecule has 2 fully saturated rings. The van der Waals surface area contributed by atoms with Crippen molar-refractivity contribution in [3.05, 3.63) is 35.9 Å². The molecule has 2 aliphatic rings. The third kappa shape index (κ3) is 4.37. The number of hydrogen-bond acceptors (Lipinski definition) is 3. The van der Waals surface area contributed by atoms with Gasteiger partial charge in [-0.2, -0.15) is 0 Å². The van der Waals surface area contributed by atoms with Crippen LogP contribution < -0.4 is 0 Å². The Morgan fingerprint density at radius 3 is 2.54 bits per heavy atom. The SMILES string of the molecule is CN1CCC(N2CCC[C@H](C(=O)N(C)Cc3ccccc3)C2)CC1. The van der Waals surface area contributed by atoms with Gasteiger partial charge in [-0.1, -0.05) is 30.3 Å². The summed E-state index contributed by atoms with van der Waals surface area (Å²) < 4.78 is 0. The topological polar surface area (TPSA) is 26.8 Å². The zero-order chi connectivity index (χ0) is 16.9. The maximum atomic E-state index is 12.9. The lowest BCUT2D eigenvalue weighted by Crippen LogP contribution is -2.50. The van der Waals surface area contributed by atoms with Gasteiger partial charge in [-0.15, -0.1) is 0 Å². The first-order valence-corrected chi connectivity index (χ1v) is 9.35. The van der Waals surface area contributed by atoms with Gasteiger partial charge in [-0.25, -0.2) is 0 Å². The van der Waals surface area contributed by atoms with Gasteiger partial charge in [0.05, 0.1) is 5.92 Å². The smallest absolute Gasteiger partial charge is 0.227 e. The third-order valence-corrected chi connectivity index (χ3v) is 5.65. The number of amides is 1. The van der Waals surface area contributed by atoms with E-state index in [-0.39, 0.29) is 5.92 Å². The number of piperidine rings is 2. The molecule has 24 heavy (non-hydrogen) atoms. The highest BCUT2D eigenvalue weighted by Gasteiger charge is 2.32. The summed E-state index contributed by atoms with van der Waals surface area (Å²) in [6.45, 7) is 5.21. The summed E-state index contributed by atoms with van der Waals surface area (Å²) in [5.74, 6) is 0.489. The van der Waals surface area contributed by atoms with E-state index in [0.717, 1.165) is 19.4 Å². The van der Waals surface area contributed by atoms with E-state index in [1.165, 1.54) is 38.0 Å². The van der Waals surface area contributed by atoms with Crippen LogP contribution in [0, 0.1) is 5.92 Å². The van der Waals surface area contributed by atoms with E-state index < -0.39 is 0 Å². The summed E-state index contributed by atoms with van der Waals surface area (Å²) in [5.41, 5.74) is 1.20. The van der Waals surface area contributed by atoms with Crippen LogP contribution in [-0.2, 0) is 11.3 Å². The van der Waals surface area contributed by atoms with Crippen LogP contribution in [0.25, 0.3) is 0 Å². The number of hydrogen-bond donors (Lipinski definition) is 0. The van der Waals surface area contributed by atoms with E-state index in [4.69, 9.17) is 0 Å². The fourth-order valence-corrected chi connectivity index (χ4v) is 4.15. The lowest BCUT2D eigenvalue weighted by molar-refractivity contribution is -0.137. The molecular weight excluding hydrogens is 298 g/mol. The predicted molar refractivity (Wildman–Crippen MR) is 97.7 cm³/mol.